The molecule has 1 aliphatic carbocycles. The second-order valence-corrected chi connectivity index (χ2v) is 10.2. The molecular weight excluding hydrogens is 450 g/mol. The minimum atomic E-state index is -0.765. The summed E-state index contributed by atoms with van der Waals surface area (Å²) < 4.78 is 10.8. The molecule has 6 atom stereocenters. The van der Waals surface area contributed by atoms with Crippen molar-refractivity contribution in [3.05, 3.63) is 12.2 Å². The average Bonchev–Trinajstić information content (AvgIpc) is 3.14. The van der Waals surface area contributed by atoms with E-state index in [2.05, 4.69) is 10.2 Å². The normalized spacial score (nSPS) is 29.8. The van der Waals surface area contributed by atoms with E-state index in [1.54, 1.807) is 11.8 Å². The lowest BCUT2D eigenvalue weighted by molar-refractivity contribution is -0.156. The summed E-state index contributed by atoms with van der Waals surface area (Å²) in [5, 5.41) is 13.3. The van der Waals surface area contributed by atoms with E-state index in [1.807, 2.05) is 32.9 Å². The van der Waals surface area contributed by atoms with Gasteiger partial charge in [0.25, 0.3) is 0 Å². The zero-order valence-corrected chi connectivity index (χ0v) is 21.7. The third-order valence-electron chi connectivity index (χ3n) is 7.52. The van der Waals surface area contributed by atoms with Crippen LogP contribution in [0.3, 0.4) is 0 Å². The molecule has 0 spiro atoms. The number of aliphatic hydroxyl groups excluding tert-OH is 1. The fourth-order valence-corrected chi connectivity index (χ4v) is 5.88. The number of carbonyl (C=O) groups is 3. The average molecular weight is 494 g/mol. The molecule has 0 aromatic carbocycles. The van der Waals surface area contributed by atoms with Crippen molar-refractivity contribution < 1.29 is 29.0 Å². The van der Waals surface area contributed by atoms with Crippen molar-refractivity contribution in [1.29, 1.82) is 0 Å². The van der Waals surface area contributed by atoms with Gasteiger partial charge in [-0.25, -0.2) is 0 Å². The predicted molar refractivity (Wildman–Crippen MR) is 131 cm³/mol. The standard InChI is InChI=1S/C26H43N3O6/c1-5-18-7-8-20-22(21(18)26(33)35-6-2)25(32)29(19(16-30)15-17(3)4)23(20)24(31)27-9-10-28-11-13-34-14-12-28/h7-8,17-23,30H,5-6,9-16H2,1-4H3,(H,27,31)/t18-,19-,20+,21-,22-,23+/m1/s1. The number of amides is 2. The van der Waals surface area contributed by atoms with Crippen molar-refractivity contribution in [2.45, 2.75) is 52.6 Å². The number of fused-ring (bicyclic) bond motifs is 1. The summed E-state index contributed by atoms with van der Waals surface area (Å²) in [4.78, 5) is 44.3. The number of hydrogen-bond acceptors (Lipinski definition) is 7. The molecule has 0 aromatic heterocycles. The zero-order valence-electron chi connectivity index (χ0n) is 21.7. The molecule has 0 aromatic rings. The Morgan fingerprint density at radius 1 is 1.23 bits per heavy atom. The predicted octanol–water partition coefficient (Wildman–Crippen LogP) is 1.06. The molecule has 0 unspecified atom stereocenters. The van der Waals surface area contributed by atoms with Gasteiger partial charge in [0.2, 0.25) is 11.8 Å². The highest BCUT2D eigenvalue weighted by Gasteiger charge is 2.58. The van der Waals surface area contributed by atoms with E-state index in [0.717, 1.165) is 13.1 Å². The molecule has 35 heavy (non-hydrogen) atoms. The van der Waals surface area contributed by atoms with Crippen LogP contribution in [0.4, 0.5) is 0 Å². The lowest BCUT2D eigenvalue weighted by atomic mass is 9.69. The minimum absolute atomic E-state index is 0.123. The molecule has 198 valence electrons. The summed E-state index contributed by atoms with van der Waals surface area (Å²) in [5.74, 6) is -2.48. The van der Waals surface area contributed by atoms with E-state index in [4.69, 9.17) is 9.47 Å². The van der Waals surface area contributed by atoms with E-state index >= 15 is 0 Å². The second kappa shape index (κ2) is 12.8. The minimum Gasteiger partial charge on any atom is -0.466 e. The van der Waals surface area contributed by atoms with Crippen LogP contribution in [-0.2, 0) is 23.9 Å². The molecule has 2 amide bonds. The van der Waals surface area contributed by atoms with Gasteiger partial charge in [0.1, 0.15) is 6.04 Å². The van der Waals surface area contributed by atoms with Gasteiger partial charge in [-0.2, -0.15) is 0 Å². The van der Waals surface area contributed by atoms with Gasteiger partial charge in [-0.05, 0) is 31.6 Å². The first-order valence-corrected chi connectivity index (χ1v) is 13.2. The molecular formula is C26H43N3O6. The molecule has 2 aliphatic heterocycles. The van der Waals surface area contributed by atoms with Crippen molar-refractivity contribution in [3.63, 3.8) is 0 Å². The van der Waals surface area contributed by atoms with E-state index in [-0.39, 0.29) is 42.8 Å². The maximum absolute atomic E-state index is 13.9. The van der Waals surface area contributed by atoms with Crippen LogP contribution >= 0.6 is 0 Å². The lowest BCUT2D eigenvalue weighted by Crippen LogP contribution is -2.53. The molecule has 0 bridgehead atoms. The maximum Gasteiger partial charge on any atom is 0.310 e. The molecule has 0 saturated carbocycles. The van der Waals surface area contributed by atoms with Gasteiger partial charge in [-0.3, -0.25) is 19.3 Å². The van der Waals surface area contributed by atoms with Crippen LogP contribution in [0.15, 0.2) is 12.2 Å². The number of likely N-dealkylation sites (tertiary alicyclic amines) is 1. The van der Waals surface area contributed by atoms with Gasteiger partial charge in [0.05, 0.1) is 44.3 Å². The highest BCUT2D eigenvalue weighted by molar-refractivity contribution is 5.96. The fraction of sp³-hybridized carbons (Fsp3) is 0.808. The van der Waals surface area contributed by atoms with E-state index in [9.17, 15) is 19.5 Å². The van der Waals surface area contributed by atoms with E-state index in [1.165, 1.54) is 0 Å². The Morgan fingerprint density at radius 2 is 1.94 bits per heavy atom. The number of hydrogen-bond donors (Lipinski definition) is 2. The largest absolute Gasteiger partial charge is 0.466 e. The molecule has 2 fully saturated rings. The van der Waals surface area contributed by atoms with Crippen LogP contribution in [0.2, 0.25) is 0 Å². The number of carbonyl (C=O) groups excluding carboxylic acids is 3. The summed E-state index contributed by atoms with van der Waals surface area (Å²) in [6.07, 6.45) is 5.19. The number of nitrogens with one attached hydrogen (secondary N) is 1. The number of morpholine rings is 1. The van der Waals surface area contributed by atoms with Crippen LogP contribution in [0.25, 0.3) is 0 Å². The number of allylic oxidation sites excluding steroid dienone is 1. The Kier molecular flexibility index (Phi) is 10.1. The number of esters is 1. The molecule has 0 radical (unpaired) electrons. The second-order valence-electron chi connectivity index (χ2n) is 10.2. The van der Waals surface area contributed by atoms with Gasteiger partial charge in [0, 0.05) is 32.1 Å². The van der Waals surface area contributed by atoms with Crippen molar-refractivity contribution in [2.24, 2.45) is 29.6 Å². The fourth-order valence-electron chi connectivity index (χ4n) is 5.88. The van der Waals surface area contributed by atoms with E-state index < -0.39 is 29.8 Å². The van der Waals surface area contributed by atoms with Crippen LogP contribution in [0, 0.1) is 29.6 Å². The third kappa shape index (κ3) is 6.24. The van der Waals surface area contributed by atoms with Crippen molar-refractivity contribution in [2.75, 3.05) is 52.6 Å². The van der Waals surface area contributed by atoms with Gasteiger partial charge in [-0.1, -0.05) is 32.9 Å². The molecule has 9 heteroatoms. The van der Waals surface area contributed by atoms with E-state index in [0.29, 0.717) is 39.1 Å². The Hall–Kier alpha value is -1.97. The Balaban J connectivity index is 1.87. The monoisotopic (exact) mass is 493 g/mol. The van der Waals surface area contributed by atoms with Crippen LogP contribution in [0.5, 0.6) is 0 Å². The molecule has 2 heterocycles. The Morgan fingerprint density at radius 3 is 2.54 bits per heavy atom. The van der Waals surface area contributed by atoms with Crippen LogP contribution in [-0.4, -0.2) is 97.4 Å². The summed E-state index contributed by atoms with van der Waals surface area (Å²) in [5.41, 5.74) is 0. The van der Waals surface area contributed by atoms with Gasteiger partial charge in [0.15, 0.2) is 0 Å². The highest BCUT2D eigenvalue weighted by Crippen LogP contribution is 2.46. The van der Waals surface area contributed by atoms with Crippen LogP contribution < -0.4 is 5.32 Å². The van der Waals surface area contributed by atoms with Crippen LogP contribution in [0.1, 0.15) is 40.5 Å². The van der Waals surface area contributed by atoms with Gasteiger partial charge in [-0.15, -0.1) is 0 Å². The Bertz CT molecular complexity index is 766. The quantitative estimate of drug-likeness (QED) is 0.327. The molecule has 3 rings (SSSR count). The lowest BCUT2D eigenvalue weighted by Gasteiger charge is -2.34. The van der Waals surface area contributed by atoms with Crippen molar-refractivity contribution in [3.8, 4) is 0 Å². The summed E-state index contributed by atoms with van der Waals surface area (Å²) in [7, 11) is 0. The summed E-state index contributed by atoms with van der Waals surface area (Å²) >= 11 is 0. The van der Waals surface area contributed by atoms with Crippen molar-refractivity contribution >= 4 is 17.8 Å². The SMILES string of the molecule is CCOC(=O)[C@H]1[C@@H]2C(=O)N([C@@H](CO)CC(C)C)[C@H](C(=O)NCCN3CCOCC3)[C@H]2C=C[C@H]1CC. The summed E-state index contributed by atoms with van der Waals surface area (Å²) in [6, 6.07) is -1.25. The summed E-state index contributed by atoms with van der Waals surface area (Å²) in [6.45, 7) is 12.0. The maximum atomic E-state index is 13.9. The molecule has 9 nitrogen and oxygen atoms in total. The first-order chi connectivity index (χ1) is 16.8. The topological polar surface area (TPSA) is 108 Å². The van der Waals surface area contributed by atoms with Crippen molar-refractivity contribution in [1.82, 2.24) is 15.1 Å². The number of ether oxygens (including phenoxy) is 2. The number of aliphatic hydroxyl groups is 1. The molecule has 2 saturated heterocycles. The first-order valence-electron chi connectivity index (χ1n) is 13.2. The molecule has 3 aliphatic rings. The third-order valence-corrected chi connectivity index (χ3v) is 7.52. The number of nitrogens with zero attached hydrogens (tertiary/aromatic N) is 2. The first kappa shape index (κ1) is 27.6. The smallest absolute Gasteiger partial charge is 0.310 e. The number of rotatable bonds is 11. The zero-order chi connectivity index (χ0) is 25.5. The van der Waals surface area contributed by atoms with Gasteiger partial charge >= 0.3 is 5.97 Å². The highest BCUT2D eigenvalue weighted by atomic mass is 16.5. The molecule has 2 N–H and O–H groups in total. The van der Waals surface area contributed by atoms with Gasteiger partial charge < -0.3 is 24.8 Å². The Labute approximate surface area is 209 Å².